The minimum absolute atomic E-state index is 0.0364. The number of hydrogen-bond donors (Lipinski definition) is 2. The van der Waals surface area contributed by atoms with E-state index in [0.29, 0.717) is 17.9 Å². The Morgan fingerprint density at radius 2 is 2.00 bits per heavy atom. The molecule has 3 atom stereocenters. The van der Waals surface area contributed by atoms with Crippen molar-refractivity contribution in [2.24, 2.45) is 28.6 Å². The lowest BCUT2D eigenvalue weighted by molar-refractivity contribution is -0.123. The smallest absolute Gasteiger partial charge is 0.220 e. The van der Waals surface area contributed by atoms with E-state index in [0.717, 1.165) is 31.6 Å². The van der Waals surface area contributed by atoms with Gasteiger partial charge >= 0.3 is 0 Å². The Kier molecular flexibility index (Phi) is 3.01. The molecule has 3 aliphatic rings. The van der Waals surface area contributed by atoms with E-state index in [1.54, 1.807) is 0 Å². The van der Waals surface area contributed by atoms with Gasteiger partial charge in [0.15, 0.2) is 0 Å². The van der Waals surface area contributed by atoms with E-state index in [9.17, 15) is 10.0 Å². The summed E-state index contributed by atoms with van der Waals surface area (Å²) in [7, 11) is 0. The molecule has 1 heterocycles. The van der Waals surface area contributed by atoms with Crippen molar-refractivity contribution >= 4 is 11.6 Å². The van der Waals surface area contributed by atoms with Crippen LogP contribution in [0, 0.1) is 17.8 Å². The number of primary amides is 1. The third kappa shape index (κ3) is 1.81. The monoisotopic (exact) mass is 251 g/mol. The number of carbonyl (C=O) groups excluding carboxylic acids is 1. The lowest BCUT2D eigenvalue weighted by Crippen LogP contribution is -2.49. The van der Waals surface area contributed by atoms with Crippen molar-refractivity contribution in [1.29, 1.82) is 0 Å². The Morgan fingerprint density at radius 3 is 2.61 bits per heavy atom. The number of oxime groups is 1. The number of piperidine rings is 1. The molecule has 5 nitrogen and oxygen atoms in total. The number of rotatable bonds is 2. The van der Waals surface area contributed by atoms with Crippen molar-refractivity contribution in [2.75, 3.05) is 13.1 Å². The molecule has 2 saturated carbocycles. The Bertz CT molecular complexity index is 374. The van der Waals surface area contributed by atoms with Crippen molar-refractivity contribution in [3.8, 4) is 0 Å². The topological polar surface area (TPSA) is 78.9 Å². The molecule has 18 heavy (non-hydrogen) atoms. The maximum Gasteiger partial charge on any atom is 0.220 e. The summed E-state index contributed by atoms with van der Waals surface area (Å²) >= 11 is 0. The zero-order valence-corrected chi connectivity index (χ0v) is 10.6. The first kappa shape index (κ1) is 12.0. The van der Waals surface area contributed by atoms with Crippen LogP contribution in [0.2, 0.25) is 0 Å². The van der Waals surface area contributed by atoms with E-state index in [2.05, 4.69) is 10.1 Å². The Balaban J connectivity index is 1.68. The summed E-state index contributed by atoms with van der Waals surface area (Å²) in [6, 6.07) is 0.322. The van der Waals surface area contributed by atoms with Gasteiger partial charge in [-0.3, -0.25) is 9.69 Å². The molecule has 2 aliphatic carbocycles. The van der Waals surface area contributed by atoms with Gasteiger partial charge in [-0.2, -0.15) is 0 Å². The molecule has 100 valence electrons. The van der Waals surface area contributed by atoms with E-state index in [1.165, 1.54) is 19.3 Å². The quantitative estimate of drug-likeness (QED) is 0.563. The maximum atomic E-state index is 11.2. The average Bonchev–Trinajstić information content (AvgIpc) is 2.98. The number of nitrogens with two attached hydrogens (primary N) is 1. The second-order valence-electron chi connectivity index (χ2n) is 5.95. The third-order valence-electron chi connectivity index (χ3n) is 5.08. The fourth-order valence-corrected chi connectivity index (χ4v) is 4.14. The first-order chi connectivity index (χ1) is 8.70. The summed E-state index contributed by atoms with van der Waals surface area (Å²) in [5.41, 5.74) is 6.35. The maximum absolute atomic E-state index is 11.2. The highest BCUT2D eigenvalue weighted by Crippen LogP contribution is 2.45. The molecule has 3 N–H and O–H groups in total. The predicted molar refractivity (Wildman–Crippen MR) is 67.3 cm³/mol. The number of hydrogen-bond acceptors (Lipinski definition) is 4. The van der Waals surface area contributed by atoms with Crippen LogP contribution < -0.4 is 5.73 Å². The summed E-state index contributed by atoms with van der Waals surface area (Å²) in [6.07, 6.45) is 5.31. The molecule has 2 bridgehead atoms. The van der Waals surface area contributed by atoms with Gasteiger partial charge < -0.3 is 10.9 Å². The first-order valence-corrected chi connectivity index (χ1v) is 6.96. The molecular formula is C13H21N3O2. The van der Waals surface area contributed by atoms with E-state index < -0.39 is 0 Å². The molecule has 3 rings (SSSR count). The van der Waals surface area contributed by atoms with Gasteiger partial charge in [-0.05, 0) is 51.1 Å². The molecule has 0 aromatic carbocycles. The van der Waals surface area contributed by atoms with E-state index in [-0.39, 0.29) is 11.8 Å². The number of fused-ring (bicyclic) bond motifs is 2. The van der Waals surface area contributed by atoms with Gasteiger partial charge in [0.2, 0.25) is 5.91 Å². The highest BCUT2D eigenvalue weighted by Gasteiger charge is 2.48. The van der Waals surface area contributed by atoms with E-state index >= 15 is 0 Å². The molecule has 5 heteroatoms. The standard InChI is InChI=1S/C13H21N3O2/c14-13(17)8-3-5-16(6-4-8)12-10-2-1-9(7-10)11(12)15-18/h8-10,12,18H,1-7H2,(H2,14,17)/b15-11-/t9-,10+,12+/m1/s1. The lowest BCUT2D eigenvalue weighted by atomic mass is 9.88. The van der Waals surface area contributed by atoms with Crippen molar-refractivity contribution in [1.82, 2.24) is 4.90 Å². The molecule has 0 aromatic rings. The number of nitrogens with zero attached hydrogens (tertiary/aromatic N) is 2. The van der Waals surface area contributed by atoms with Gasteiger partial charge in [0.25, 0.3) is 0 Å². The van der Waals surface area contributed by atoms with Gasteiger partial charge in [0, 0.05) is 11.8 Å². The summed E-state index contributed by atoms with van der Waals surface area (Å²) in [4.78, 5) is 13.6. The van der Waals surface area contributed by atoms with Gasteiger partial charge in [0.1, 0.15) is 0 Å². The summed E-state index contributed by atoms with van der Waals surface area (Å²) < 4.78 is 0. The van der Waals surface area contributed by atoms with Crippen LogP contribution in [-0.2, 0) is 4.79 Å². The van der Waals surface area contributed by atoms with Crippen LogP contribution in [0.25, 0.3) is 0 Å². The molecular weight excluding hydrogens is 230 g/mol. The Morgan fingerprint density at radius 1 is 1.28 bits per heavy atom. The Labute approximate surface area is 107 Å². The van der Waals surface area contributed by atoms with Crippen LogP contribution in [0.4, 0.5) is 0 Å². The summed E-state index contributed by atoms with van der Waals surface area (Å²) in [5.74, 6) is 1.03. The molecule has 0 radical (unpaired) electrons. The van der Waals surface area contributed by atoms with Crippen LogP contribution in [0.3, 0.4) is 0 Å². The van der Waals surface area contributed by atoms with Gasteiger partial charge in [-0.15, -0.1) is 0 Å². The second kappa shape index (κ2) is 4.53. The largest absolute Gasteiger partial charge is 0.411 e. The minimum Gasteiger partial charge on any atom is -0.411 e. The van der Waals surface area contributed by atoms with Crippen molar-refractivity contribution < 1.29 is 10.0 Å². The second-order valence-corrected chi connectivity index (χ2v) is 5.95. The van der Waals surface area contributed by atoms with E-state index in [1.807, 2.05) is 0 Å². The van der Waals surface area contributed by atoms with Gasteiger partial charge in [0.05, 0.1) is 11.8 Å². The molecule has 0 spiro atoms. The average molecular weight is 251 g/mol. The molecule has 0 aromatic heterocycles. The normalized spacial score (nSPS) is 39.6. The van der Waals surface area contributed by atoms with Crippen LogP contribution in [0.15, 0.2) is 5.16 Å². The predicted octanol–water partition coefficient (Wildman–Crippen LogP) is 0.812. The summed E-state index contributed by atoms with van der Waals surface area (Å²) in [5, 5.41) is 12.8. The van der Waals surface area contributed by atoms with Crippen LogP contribution in [-0.4, -0.2) is 40.9 Å². The summed E-state index contributed by atoms with van der Waals surface area (Å²) in [6.45, 7) is 1.81. The molecule has 3 fully saturated rings. The van der Waals surface area contributed by atoms with Gasteiger partial charge in [-0.1, -0.05) is 5.16 Å². The number of likely N-dealkylation sites (tertiary alicyclic amines) is 1. The van der Waals surface area contributed by atoms with Crippen LogP contribution >= 0.6 is 0 Å². The van der Waals surface area contributed by atoms with Crippen LogP contribution in [0.5, 0.6) is 0 Å². The fraction of sp³-hybridized carbons (Fsp3) is 0.846. The molecule has 1 amide bonds. The van der Waals surface area contributed by atoms with Crippen molar-refractivity contribution in [3.05, 3.63) is 0 Å². The number of carbonyl (C=O) groups is 1. The zero-order chi connectivity index (χ0) is 12.7. The fourth-order valence-electron chi connectivity index (χ4n) is 4.14. The van der Waals surface area contributed by atoms with Crippen molar-refractivity contribution in [3.63, 3.8) is 0 Å². The molecule has 1 aliphatic heterocycles. The lowest BCUT2D eigenvalue weighted by Gasteiger charge is -2.38. The third-order valence-corrected chi connectivity index (χ3v) is 5.08. The number of amides is 1. The zero-order valence-electron chi connectivity index (χ0n) is 10.6. The Hall–Kier alpha value is -1.10. The molecule has 1 saturated heterocycles. The SMILES string of the molecule is NC(=O)C1CCN([C@@H]2/C(=N\O)[C@@H]3CC[C@H]2C3)CC1. The highest BCUT2D eigenvalue weighted by atomic mass is 16.4. The van der Waals surface area contributed by atoms with E-state index in [4.69, 9.17) is 5.73 Å². The first-order valence-electron chi connectivity index (χ1n) is 6.96. The highest BCUT2D eigenvalue weighted by molar-refractivity contribution is 5.94. The van der Waals surface area contributed by atoms with Crippen LogP contribution in [0.1, 0.15) is 32.1 Å². The minimum atomic E-state index is -0.168. The van der Waals surface area contributed by atoms with Crippen molar-refractivity contribution in [2.45, 2.75) is 38.1 Å². The molecule has 0 unspecified atom stereocenters. The van der Waals surface area contributed by atoms with Gasteiger partial charge in [-0.25, -0.2) is 0 Å².